The van der Waals surface area contributed by atoms with Crippen molar-refractivity contribution >= 4 is 27.3 Å². The van der Waals surface area contributed by atoms with Crippen molar-refractivity contribution in [3.8, 4) is 5.75 Å². The van der Waals surface area contributed by atoms with Crippen LogP contribution in [-0.2, 0) is 16.4 Å². The molecule has 30 heavy (non-hydrogen) atoms. The van der Waals surface area contributed by atoms with Crippen molar-refractivity contribution in [3.63, 3.8) is 0 Å². The Morgan fingerprint density at radius 3 is 2.47 bits per heavy atom. The fourth-order valence-corrected chi connectivity index (χ4v) is 4.77. The van der Waals surface area contributed by atoms with Crippen LogP contribution < -0.4 is 13.9 Å². The maximum atomic E-state index is 13.1. The quantitative estimate of drug-likeness (QED) is 0.629. The molecule has 0 aromatic heterocycles. The summed E-state index contributed by atoms with van der Waals surface area (Å²) >= 11 is 0. The number of para-hydroxylation sites is 1. The molecule has 0 N–H and O–H groups in total. The van der Waals surface area contributed by atoms with Gasteiger partial charge in [0.1, 0.15) is 5.75 Å². The number of rotatable bonds is 5. The first-order valence-corrected chi connectivity index (χ1v) is 11.0. The van der Waals surface area contributed by atoms with Gasteiger partial charge in [0.05, 0.1) is 17.7 Å². The molecule has 0 saturated carbocycles. The zero-order valence-electron chi connectivity index (χ0n) is 16.8. The van der Waals surface area contributed by atoms with E-state index in [-0.39, 0.29) is 10.8 Å². The van der Waals surface area contributed by atoms with Crippen molar-refractivity contribution in [1.29, 1.82) is 0 Å². The van der Waals surface area contributed by atoms with Crippen LogP contribution in [0.2, 0.25) is 0 Å². The Bertz CT molecular complexity index is 1190. The van der Waals surface area contributed by atoms with E-state index in [9.17, 15) is 13.2 Å². The van der Waals surface area contributed by atoms with Crippen LogP contribution >= 0.6 is 0 Å². The summed E-state index contributed by atoms with van der Waals surface area (Å²) in [7, 11) is -0.769. The summed E-state index contributed by atoms with van der Waals surface area (Å²) in [6.07, 6.45) is 0.813. The highest BCUT2D eigenvalue weighted by molar-refractivity contribution is 7.92. The molecule has 1 heterocycles. The van der Waals surface area contributed by atoms with Crippen LogP contribution in [0.1, 0.15) is 15.9 Å². The third-order valence-electron chi connectivity index (χ3n) is 5.31. The lowest BCUT2D eigenvalue weighted by molar-refractivity contribution is 0.0989. The van der Waals surface area contributed by atoms with Crippen molar-refractivity contribution in [1.82, 2.24) is 0 Å². The summed E-state index contributed by atoms with van der Waals surface area (Å²) in [5.41, 5.74) is 2.92. The fourth-order valence-electron chi connectivity index (χ4n) is 3.58. The lowest BCUT2D eigenvalue weighted by Gasteiger charge is -2.22. The molecule has 0 aliphatic carbocycles. The van der Waals surface area contributed by atoms with Crippen molar-refractivity contribution in [2.45, 2.75) is 11.3 Å². The van der Waals surface area contributed by atoms with E-state index >= 15 is 0 Å². The van der Waals surface area contributed by atoms with Gasteiger partial charge in [-0.05, 0) is 60.5 Å². The minimum atomic E-state index is -3.77. The molecule has 3 aromatic rings. The minimum absolute atomic E-state index is 0.142. The van der Waals surface area contributed by atoms with Gasteiger partial charge in [0.25, 0.3) is 15.9 Å². The van der Waals surface area contributed by atoms with Crippen molar-refractivity contribution in [3.05, 3.63) is 83.9 Å². The highest BCUT2D eigenvalue weighted by Gasteiger charge is 2.26. The highest BCUT2D eigenvalue weighted by atomic mass is 32.2. The number of nitrogens with zero attached hydrogens (tertiary/aromatic N) is 2. The van der Waals surface area contributed by atoms with E-state index in [0.717, 1.165) is 17.7 Å². The van der Waals surface area contributed by atoms with Crippen LogP contribution in [0.25, 0.3) is 0 Å². The van der Waals surface area contributed by atoms with Crippen molar-refractivity contribution < 1.29 is 17.9 Å². The lowest BCUT2D eigenvalue weighted by atomic mass is 10.1. The number of carbonyl (C=O) groups is 1. The molecule has 4 rings (SSSR count). The van der Waals surface area contributed by atoms with E-state index in [1.165, 1.54) is 30.6 Å². The molecule has 1 aliphatic rings. The van der Waals surface area contributed by atoms with Crippen LogP contribution in [0.3, 0.4) is 0 Å². The molecular formula is C23H22N2O4S. The number of benzene rings is 3. The number of methoxy groups -OCH3 is 1. The Kier molecular flexibility index (Phi) is 5.22. The predicted molar refractivity (Wildman–Crippen MR) is 117 cm³/mol. The van der Waals surface area contributed by atoms with Crippen LogP contribution in [0.5, 0.6) is 5.75 Å². The summed E-state index contributed by atoms with van der Waals surface area (Å²) in [6.45, 7) is 0.613. The number of sulfonamides is 1. The second-order valence-corrected chi connectivity index (χ2v) is 9.00. The largest absolute Gasteiger partial charge is 0.497 e. The van der Waals surface area contributed by atoms with Gasteiger partial charge in [-0.15, -0.1) is 0 Å². The summed E-state index contributed by atoms with van der Waals surface area (Å²) in [6, 6.07) is 20.7. The molecule has 0 unspecified atom stereocenters. The average molecular weight is 423 g/mol. The van der Waals surface area contributed by atoms with Gasteiger partial charge in [-0.25, -0.2) is 8.42 Å². The third-order valence-corrected chi connectivity index (χ3v) is 7.11. The molecule has 0 atom stereocenters. The monoisotopic (exact) mass is 422 g/mol. The van der Waals surface area contributed by atoms with Gasteiger partial charge in [0, 0.05) is 24.8 Å². The van der Waals surface area contributed by atoms with E-state index in [2.05, 4.69) is 0 Å². The number of hydrogen-bond acceptors (Lipinski definition) is 4. The van der Waals surface area contributed by atoms with Crippen LogP contribution in [-0.4, -0.2) is 35.0 Å². The molecule has 154 valence electrons. The summed E-state index contributed by atoms with van der Waals surface area (Å²) in [5.74, 6) is 0.437. The van der Waals surface area contributed by atoms with Crippen molar-refractivity contribution in [2.75, 3.05) is 29.9 Å². The highest BCUT2D eigenvalue weighted by Crippen LogP contribution is 2.30. The molecule has 0 spiro atoms. The first-order valence-electron chi connectivity index (χ1n) is 9.54. The number of ether oxygens (including phenoxy) is 1. The Morgan fingerprint density at radius 1 is 1.00 bits per heavy atom. The van der Waals surface area contributed by atoms with Gasteiger partial charge in [0.15, 0.2) is 0 Å². The van der Waals surface area contributed by atoms with E-state index in [4.69, 9.17) is 4.74 Å². The number of fused-ring (bicyclic) bond motifs is 1. The molecule has 0 radical (unpaired) electrons. The zero-order chi connectivity index (χ0) is 21.3. The molecule has 6 nitrogen and oxygen atoms in total. The number of anilines is 2. The van der Waals surface area contributed by atoms with Crippen molar-refractivity contribution in [2.24, 2.45) is 0 Å². The maximum Gasteiger partial charge on any atom is 0.264 e. The zero-order valence-corrected chi connectivity index (χ0v) is 17.6. The van der Waals surface area contributed by atoms with Gasteiger partial charge in [0.2, 0.25) is 0 Å². The molecule has 3 aromatic carbocycles. The lowest BCUT2D eigenvalue weighted by Crippen LogP contribution is -2.30. The average Bonchev–Trinajstić information content (AvgIpc) is 3.22. The Hall–Kier alpha value is -3.32. The fraction of sp³-hybridized carbons (Fsp3) is 0.174. The van der Waals surface area contributed by atoms with Gasteiger partial charge in [-0.1, -0.05) is 24.3 Å². The van der Waals surface area contributed by atoms with E-state index in [0.29, 0.717) is 23.5 Å². The maximum absolute atomic E-state index is 13.1. The van der Waals surface area contributed by atoms with Gasteiger partial charge < -0.3 is 9.64 Å². The molecule has 7 heteroatoms. The third kappa shape index (κ3) is 3.52. The number of carbonyl (C=O) groups excluding carboxylic acids is 1. The van der Waals surface area contributed by atoms with Crippen LogP contribution in [0, 0.1) is 0 Å². The molecule has 1 amide bonds. The first-order chi connectivity index (χ1) is 14.4. The van der Waals surface area contributed by atoms with Crippen LogP contribution in [0.4, 0.5) is 11.4 Å². The Labute approximate surface area is 176 Å². The normalized spacial score (nSPS) is 13.1. The van der Waals surface area contributed by atoms with E-state index in [1.54, 1.807) is 41.3 Å². The molecule has 0 fully saturated rings. The van der Waals surface area contributed by atoms with Gasteiger partial charge >= 0.3 is 0 Å². The summed E-state index contributed by atoms with van der Waals surface area (Å²) in [5, 5.41) is 0. The second kappa shape index (κ2) is 7.84. The van der Waals surface area contributed by atoms with Gasteiger partial charge in [-0.2, -0.15) is 0 Å². The summed E-state index contributed by atoms with van der Waals surface area (Å²) < 4.78 is 32.3. The molecule has 1 aliphatic heterocycles. The standard InChI is InChI=1S/C23H22N2O4S/c1-24(30(27,28)21-12-10-20(29-2)11-13-21)19-8-5-7-18(16-19)23(26)25-15-14-17-6-3-4-9-22(17)25/h3-13,16H,14-15H2,1-2H3. The molecule has 0 bridgehead atoms. The molecule has 0 saturated heterocycles. The first kappa shape index (κ1) is 20.0. The van der Waals surface area contributed by atoms with E-state index in [1.807, 2.05) is 24.3 Å². The second-order valence-electron chi connectivity index (χ2n) is 7.03. The SMILES string of the molecule is COc1ccc(S(=O)(=O)N(C)c2cccc(C(=O)N3CCc4ccccc43)c2)cc1. The summed E-state index contributed by atoms with van der Waals surface area (Å²) in [4.78, 5) is 15.0. The van der Waals surface area contributed by atoms with E-state index < -0.39 is 10.0 Å². The Balaban J connectivity index is 1.62. The Morgan fingerprint density at radius 2 is 1.73 bits per heavy atom. The van der Waals surface area contributed by atoms with Crippen LogP contribution in [0.15, 0.2) is 77.7 Å². The number of amides is 1. The molecular weight excluding hydrogens is 400 g/mol. The predicted octanol–water partition coefficient (Wildman–Crippen LogP) is 3.72. The topological polar surface area (TPSA) is 66.9 Å². The minimum Gasteiger partial charge on any atom is -0.497 e. The smallest absolute Gasteiger partial charge is 0.264 e. The number of hydrogen-bond donors (Lipinski definition) is 0. The van der Waals surface area contributed by atoms with Gasteiger partial charge in [-0.3, -0.25) is 9.10 Å².